The number of nitrogens with one attached hydrogen (secondary N) is 2. The number of nitrogens with zero attached hydrogens (tertiary/aromatic N) is 3. The molecule has 0 aliphatic rings. The number of rotatable bonds is 6. The molecule has 0 aromatic carbocycles. The van der Waals surface area contributed by atoms with Crippen LogP contribution in [0.25, 0.3) is 17.1 Å². The zero-order valence-electron chi connectivity index (χ0n) is 13.4. The molecule has 4 heterocycles. The van der Waals surface area contributed by atoms with Crippen molar-refractivity contribution in [2.45, 2.75) is 13.1 Å². The Bertz CT molecular complexity index is 953. The van der Waals surface area contributed by atoms with E-state index in [9.17, 15) is 4.79 Å². The van der Waals surface area contributed by atoms with E-state index in [-0.39, 0.29) is 6.03 Å². The topological polar surface area (TPSA) is 76.5 Å². The number of thiophene rings is 1. The molecule has 0 fully saturated rings. The van der Waals surface area contributed by atoms with Crippen LogP contribution in [0.4, 0.5) is 4.79 Å². The monoisotopic (exact) mass is 355 g/mol. The summed E-state index contributed by atoms with van der Waals surface area (Å²) in [5.41, 5.74) is 1.74. The van der Waals surface area contributed by atoms with Crippen molar-refractivity contribution >= 4 is 23.0 Å². The standard InChI is InChI=1S/C17H17N5O2S/c23-17(19-12-13-3-2-10-25-13)18-5-6-21-7-8-22-16(21)11-14(20-22)15-4-1-9-24-15/h1-4,7-11H,5-6,12H2,(H2,18,19,23). The highest BCUT2D eigenvalue weighted by Gasteiger charge is 2.10. The smallest absolute Gasteiger partial charge is 0.315 e. The maximum atomic E-state index is 11.8. The first-order chi connectivity index (χ1) is 12.3. The first-order valence-corrected chi connectivity index (χ1v) is 8.80. The molecule has 0 aliphatic heterocycles. The Hall–Kier alpha value is -3.00. The van der Waals surface area contributed by atoms with Gasteiger partial charge in [-0.25, -0.2) is 9.31 Å². The van der Waals surface area contributed by atoms with Gasteiger partial charge in [-0.3, -0.25) is 0 Å². The number of carbonyl (C=O) groups excluding carboxylic acids is 1. The average molecular weight is 355 g/mol. The van der Waals surface area contributed by atoms with Crippen LogP contribution < -0.4 is 10.6 Å². The minimum absolute atomic E-state index is 0.165. The number of hydrogen-bond donors (Lipinski definition) is 2. The van der Waals surface area contributed by atoms with E-state index in [1.807, 2.05) is 52.7 Å². The molecule has 7 nitrogen and oxygen atoms in total. The van der Waals surface area contributed by atoms with Crippen LogP contribution in [0.1, 0.15) is 4.88 Å². The van der Waals surface area contributed by atoms with Crippen molar-refractivity contribution in [2.24, 2.45) is 0 Å². The van der Waals surface area contributed by atoms with Gasteiger partial charge in [0, 0.05) is 36.4 Å². The summed E-state index contributed by atoms with van der Waals surface area (Å²) < 4.78 is 9.22. The SMILES string of the molecule is O=C(NCCn1ccn2nc(-c3ccco3)cc12)NCc1cccs1. The molecule has 25 heavy (non-hydrogen) atoms. The fourth-order valence-electron chi connectivity index (χ4n) is 2.60. The van der Waals surface area contributed by atoms with Gasteiger partial charge in [0.1, 0.15) is 11.3 Å². The summed E-state index contributed by atoms with van der Waals surface area (Å²) in [4.78, 5) is 13.0. The average Bonchev–Trinajstić information content (AvgIpc) is 3.37. The van der Waals surface area contributed by atoms with Gasteiger partial charge < -0.3 is 19.6 Å². The lowest BCUT2D eigenvalue weighted by Crippen LogP contribution is -2.36. The first-order valence-electron chi connectivity index (χ1n) is 7.92. The molecule has 8 heteroatoms. The van der Waals surface area contributed by atoms with Gasteiger partial charge in [0.05, 0.1) is 12.8 Å². The Labute approximate surface area is 147 Å². The number of hydrogen-bond acceptors (Lipinski definition) is 4. The lowest BCUT2D eigenvalue weighted by Gasteiger charge is -2.07. The Morgan fingerprint density at radius 1 is 1.24 bits per heavy atom. The largest absolute Gasteiger partial charge is 0.463 e. The summed E-state index contributed by atoms with van der Waals surface area (Å²) in [5, 5.41) is 12.2. The normalized spacial score (nSPS) is 11.0. The molecule has 2 amide bonds. The number of urea groups is 1. The van der Waals surface area contributed by atoms with Crippen LogP contribution in [-0.2, 0) is 13.1 Å². The van der Waals surface area contributed by atoms with Crippen LogP contribution in [0.3, 0.4) is 0 Å². The zero-order valence-corrected chi connectivity index (χ0v) is 14.2. The van der Waals surface area contributed by atoms with Crippen molar-refractivity contribution in [3.05, 3.63) is 59.2 Å². The molecular weight excluding hydrogens is 338 g/mol. The maximum absolute atomic E-state index is 11.8. The second kappa shape index (κ2) is 6.86. The third-order valence-electron chi connectivity index (χ3n) is 3.81. The Kier molecular flexibility index (Phi) is 4.26. The van der Waals surface area contributed by atoms with Crippen LogP contribution in [0.15, 0.2) is 58.8 Å². The van der Waals surface area contributed by atoms with Crippen molar-refractivity contribution in [1.82, 2.24) is 24.8 Å². The molecule has 4 rings (SSSR count). The number of aromatic nitrogens is 3. The van der Waals surface area contributed by atoms with Crippen LogP contribution >= 0.6 is 11.3 Å². The lowest BCUT2D eigenvalue weighted by atomic mass is 10.3. The van der Waals surface area contributed by atoms with Crippen molar-refractivity contribution in [3.63, 3.8) is 0 Å². The Morgan fingerprint density at radius 2 is 2.20 bits per heavy atom. The number of carbonyl (C=O) groups is 1. The lowest BCUT2D eigenvalue weighted by molar-refractivity contribution is 0.240. The molecule has 2 N–H and O–H groups in total. The van der Waals surface area contributed by atoms with E-state index in [1.54, 1.807) is 22.1 Å². The summed E-state index contributed by atoms with van der Waals surface area (Å²) >= 11 is 1.63. The molecule has 128 valence electrons. The van der Waals surface area contributed by atoms with E-state index in [0.717, 1.165) is 22.0 Å². The van der Waals surface area contributed by atoms with E-state index >= 15 is 0 Å². The highest BCUT2D eigenvalue weighted by Crippen LogP contribution is 2.20. The number of amides is 2. The van der Waals surface area contributed by atoms with Gasteiger partial charge in [-0.2, -0.15) is 5.10 Å². The first kappa shape index (κ1) is 15.5. The van der Waals surface area contributed by atoms with Gasteiger partial charge in [0.15, 0.2) is 5.76 Å². The zero-order chi connectivity index (χ0) is 17.1. The van der Waals surface area contributed by atoms with E-state index in [0.29, 0.717) is 19.6 Å². The predicted octanol–water partition coefficient (Wildman–Crippen LogP) is 2.96. The third-order valence-corrected chi connectivity index (χ3v) is 4.69. The molecule has 0 saturated carbocycles. The fourth-order valence-corrected chi connectivity index (χ4v) is 3.24. The summed E-state index contributed by atoms with van der Waals surface area (Å²) in [6.45, 7) is 1.74. The van der Waals surface area contributed by atoms with Gasteiger partial charge in [0.25, 0.3) is 0 Å². The molecule has 0 aliphatic carbocycles. The van der Waals surface area contributed by atoms with Gasteiger partial charge in [-0.15, -0.1) is 11.3 Å². The summed E-state index contributed by atoms with van der Waals surface area (Å²) in [6.07, 6.45) is 5.46. The van der Waals surface area contributed by atoms with Gasteiger partial charge in [-0.1, -0.05) is 6.07 Å². The molecule has 4 aromatic heterocycles. The molecular formula is C17H17N5O2S. The second-order valence-electron chi connectivity index (χ2n) is 5.49. The number of imidazole rings is 1. The number of fused-ring (bicyclic) bond motifs is 1. The molecule has 0 spiro atoms. The Balaban J connectivity index is 1.32. The minimum Gasteiger partial charge on any atom is -0.463 e. The van der Waals surface area contributed by atoms with Crippen molar-refractivity contribution in [3.8, 4) is 11.5 Å². The molecule has 0 atom stereocenters. The molecule has 4 aromatic rings. The maximum Gasteiger partial charge on any atom is 0.315 e. The van der Waals surface area contributed by atoms with E-state index in [4.69, 9.17) is 4.42 Å². The van der Waals surface area contributed by atoms with Crippen molar-refractivity contribution in [2.75, 3.05) is 6.54 Å². The second-order valence-corrected chi connectivity index (χ2v) is 6.52. The van der Waals surface area contributed by atoms with Crippen molar-refractivity contribution in [1.29, 1.82) is 0 Å². The van der Waals surface area contributed by atoms with Crippen LogP contribution in [0, 0.1) is 0 Å². The van der Waals surface area contributed by atoms with Gasteiger partial charge in [-0.05, 0) is 23.6 Å². The third kappa shape index (κ3) is 3.43. The minimum atomic E-state index is -0.165. The van der Waals surface area contributed by atoms with Crippen LogP contribution in [0.2, 0.25) is 0 Å². The highest BCUT2D eigenvalue weighted by atomic mass is 32.1. The summed E-state index contributed by atoms with van der Waals surface area (Å²) in [5.74, 6) is 0.737. The van der Waals surface area contributed by atoms with E-state index in [1.165, 1.54) is 0 Å². The van der Waals surface area contributed by atoms with Crippen LogP contribution in [0.5, 0.6) is 0 Å². The van der Waals surface area contributed by atoms with Crippen molar-refractivity contribution < 1.29 is 9.21 Å². The molecule has 0 unspecified atom stereocenters. The molecule has 0 radical (unpaired) electrons. The quantitative estimate of drug-likeness (QED) is 0.558. The molecule has 0 saturated heterocycles. The molecule has 0 bridgehead atoms. The summed E-state index contributed by atoms with van der Waals surface area (Å²) in [6, 6.07) is 9.49. The number of furan rings is 1. The summed E-state index contributed by atoms with van der Waals surface area (Å²) in [7, 11) is 0. The predicted molar refractivity (Wildman–Crippen MR) is 95.4 cm³/mol. The van der Waals surface area contributed by atoms with Gasteiger partial charge in [0.2, 0.25) is 0 Å². The highest BCUT2D eigenvalue weighted by molar-refractivity contribution is 7.09. The Morgan fingerprint density at radius 3 is 3.00 bits per heavy atom. The van der Waals surface area contributed by atoms with E-state index < -0.39 is 0 Å². The van der Waals surface area contributed by atoms with Crippen LogP contribution in [-0.4, -0.2) is 26.8 Å². The van der Waals surface area contributed by atoms with E-state index in [2.05, 4.69) is 15.7 Å². The fraction of sp³-hybridized carbons (Fsp3) is 0.176. The van der Waals surface area contributed by atoms with Gasteiger partial charge >= 0.3 is 6.03 Å².